The molecule has 1 aromatic carbocycles. The van der Waals surface area contributed by atoms with Crippen molar-refractivity contribution in [2.75, 3.05) is 11.1 Å². The fraction of sp³-hybridized carbons (Fsp3) is 0.500. The van der Waals surface area contributed by atoms with Crippen LogP contribution in [-0.2, 0) is 4.79 Å². The van der Waals surface area contributed by atoms with Crippen molar-refractivity contribution in [3.8, 4) is 0 Å². The predicted molar refractivity (Wildman–Crippen MR) is 75.5 cm³/mol. The Hall–Kier alpha value is -1.22. The second-order valence-electron chi connectivity index (χ2n) is 6.10. The first kappa shape index (κ1) is 13.2. The minimum absolute atomic E-state index is 0.00231. The van der Waals surface area contributed by atoms with Crippen molar-refractivity contribution in [1.29, 1.82) is 0 Å². The summed E-state index contributed by atoms with van der Waals surface area (Å²) in [7, 11) is 0. The molecule has 1 amide bonds. The molecule has 3 nitrogen and oxygen atoms in total. The van der Waals surface area contributed by atoms with E-state index in [1.807, 2.05) is 0 Å². The highest BCUT2D eigenvalue weighted by Crippen LogP contribution is 2.68. The minimum Gasteiger partial charge on any atom is -0.399 e. The number of benzene rings is 1. The third-order valence-corrected chi connectivity index (χ3v) is 4.86. The molecular weight excluding hydrogens is 248 g/mol. The van der Waals surface area contributed by atoms with Gasteiger partial charge in [-0.3, -0.25) is 4.79 Å². The maximum atomic E-state index is 12.3. The SMILES string of the molecule is CC1(C)C(C(=O)Nc2cc(N)ccc2Cl)C1(C)C. The monoisotopic (exact) mass is 266 g/mol. The third kappa shape index (κ3) is 1.87. The molecule has 0 heterocycles. The van der Waals surface area contributed by atoms with E-state index in [0.29, 0.717) is 16.4 Å². The Bertz CT molecular complexity index is 495. The van der Waals surface area contributed by atoms with E-state index in [1.54, 1.807) is 18.2 Å². The van der Waals surface area contributed by atoms with E-state index < -0.39 is 0 Å². The van der Waals surface area contributed by atoms with Crippen LogP contribution in [0.25, 0.3) is 0 Å². The van der Waals surface area contributed by atoms with Crippen LogP contribution in [-0.4, -0.2) is 5.91 Å². The van der Waals surface area contributed by atoms with Crippen molar-refractivity contribution in [1.82, 2.24) is 0 Å². The molecule has 0 aliphatic heterocycles. The first-order valence-corrected chi connectivity index (χ1v) is 6.41. The van der Waals surface area contributed by atoms with Gasteiger partial charge in [-0.25, -0.2) is 0 Å². The maximum Gasteiger partial charge on any atom is 0.228 e. The van der Waals surface area contributed by atoms with Gasteiger partial charge in [0.1, 0.15) is 0 Å². The highest BCUT2D eigenvalue weighted by molar-refractivity contribution is 6.33. The van der Waals surface area contributed by atoms with Gasteiger partial charge in [0.15, 0.2) is 0 Å². The normalized spacial score (nSPS) is 20.5. The quantitative estimate of drug-likeness (QED) is 0.805. The number of carbonyl (C=O) groups excluding carboxylic acids is 1. The number of nitrogens with two attached hydrogens (primary N) is 1. The van der Waals surface area contributed by atoms with Crippen LogP contribution in [0.5, 0.6) is 0 Å². The fourth-order valence-electron chi connectivity index (χ4n) is 2.70. The van der Waals surface area contributed by atoms with Crippen LogP contribution in [0.3, 0.4) is 0 Å². The highest BCUT2D eigenvalue weighted by Gasteiger charge is 2.68. The van der Waals surface area contributed by atoms with Gasteiger partial charge in [0.25, 0.3) is 0 Å². The van der Waals surface area contributed by atoms with Crippen molar-refractivity contribution < 1.29 is 4.79 Å². The van der Waals surface area contributed by atoms with Crippen LogP contribution >= 0.6 is 11.6 Å². The maximum absolute atomic E-state index is 12.3. The Morgan fingerprint density at radius 2 is 1.83 bits per heavy atom. The number of nitrogens with one attached hydrogen (secondary N) is 1. The van der Waals surface area contributed by atoms with Crippen molar-refractivity contribution in [3.63, 3.8) is 0 Å². The summed E-state index contributed by atoms with van der Waals surface area (Å²) in [5.41, 5.74) is 6.90. The van der Waals surface area contributed by atoms with Gasteiger partial charge in [0.05, 0.1) is 10.7 Å². The average molecular weight is 267 g/mol. The van der Waals surface area contributed by atoms with E-state index in [1.165, 1.54) is 0 Å². The molecule has 2 rings (SSSR count). The second-order valence-corrected chi connectivity index (χ2v) is 6.51. The number of rotatable bonds is 2. The fourth-order valence-corrected chi connectivity index (χ4v) is 2.86. The standard InChI is InChI=1S/C14H19ClN2O/c1-13(2)11(14(13,3)4)12(18)17-10-7-8(16)5-6-9(10)15/h5-7,11H,16H2,1-4H3,(H,17,18). The van der Waals surface area contributed by atoms with Gasteiger partial charge in [-0.05, 0) is 29.0 Å². The number of hydrogen-bond acceptors (Lipinski definition) is 2. The van der Waals surface area contributed by atoms with E-state index in [2.05, 4.69) is 33.0 Å². The Balaban J connectivity index is 2.17. The summed E-state index contributed by atoms with van der Waals surface area (Å²) in [6, 6.07) is 5.08. The zero-order valence-electron chi connectivity index (χ0n) is 11.2. The van der Waals surface area contributed by atoms with Gasteiger partial charge in [-0.15, -0.1) is 0 Å². The summed E-state index contributed by atoms with van der Waals surface area (Å²) < 4.78 is 0. The van der Waals surface area contributed by atoms with Gasteiger partial charge < -0.3 is 11.1 Å². The molecule has 1 saturated carbocycles. The number of nitrogen functional groups attached to an aromatic ring is 1. The second kappa shape index (κ2) is 3.89. The molecule has 1 fully saturated rings. The van der Waals surface area contributed by atoms with Crippen molar-refractivity contribution in [2.24, 2.45) is 16.7 Å². The van der Waals surface area contributed by atoms with Crippen molar-refractivity contribution in [2.45, 2.75) is 27.7 Å². The number of anilines is 2. The van der Waals surface area contributed by atoms with E-state index >= 15 is 0 Å². The lowest BCUT2D eigenvalue weighted by Crippen LogP contribution is -2.18. The summed E-state index contributed by atoms with van der Waals surface area (Å²) >= 11 is 6.04. The Labute approximate surface area is 113 Å². The largest absolute Gasteiger partial charge is 0.399 e. The first-order valence-electron chi connectivity index (χ1n) is 6.04. The summed E-state index contributed by atoms with van der Waals surface area (Å²) in [6.07, 6.45) is 0. The van der Waals surface area contributed by atoms with Crippen LogP contribution in [0.1, 0.15) is 27.7 Å². The third-order valence-electron chi connectivity index (χ3n) is 4.53. The molecule has 0 spiro atoms. The molecule has 0 bridgehead atoms. The zero-order valence-corrected chi connectivity index (χ0v) is 11.9. The Kier molecular flexibility index (Phi) is 2.85. The molecule has 98 valence electrons. The van der Waals surface area contributed by atoms with E-state index in [-0.39, 0.29) is 22.7 Å². The molecule has 1 aliphatic rings. The van der Waals surface area contributed by atoms with Crippen molar-refractivity contribution in [3.05, 3.63) is 23.2 Å². The zero-order chi connectivity index (χ0) is 13.7. The lowest BCUT2D eigenvalue weighted by Gasteiger charge is -2.09. The number of halogens is 1. The molecule has 0 radical (unpaired) electrons. The first-order chi connectivity index (χ1) is 8.18. The van der Waals surface area contributed by atoms with Gasteiger partial charge in [0.2, 0.25) is 5.91 Å². The molecule has 18 heavy (non-hydrogen) atoms. The lowest BCUT2D eigenvalue weighted by atomic mass is 10.0. The minimum atomic E-state index is 0.00231. The van der Waals surface area contributed by atoms with Crippen LogP contribution < -0.4 is 11.1 Å². The van der Waals surface area contributed by atoms with E-state index in [9.17, 15) is 4.79 Å². The summed E-state index contributed by atoms with van der Waals surface area (Å²) in [5, 5.41) is 3.38. The lowest BCUT2D eigenvalue weighted by molar-refractivity contribution is -0.118. The predicted octanol–water partition coefficient (Wildman–Crippen LogP) is 3.54. The van der Waals surface area contributed by atoms with E-state index in [4.69, 9.17) is 17.3 Å². The molecular formula is C14H19ClN2O. The number of hydrogen-bond donors (Lipinski definition) is 2. The number of amides is 1. The smallest absolute Gasteiger partial charge is 0.228 e. The Morgan fingerprint density at radius 1 is 1.28 bits per heavy atom. The van der Waals surface area contributed by atoms with Gasteiger partial charge in [-0.2, -0.15) is 0 Å². The van der Waals surface area contributed by atoms with Gasteiger partial charge in [-0.1, -0.05) is 39.3 Å². The van der Waals surface area contributed by atoms with E-state index in [0.717, 1.165) is 0 Å². The van der Waals surface area contributed by atoms with Gasteiger partial charge in [0, 0.05) is 11.6 Å². The number of carbonyl (C=O) groups is 1. The average Bonchev–Trinajstić information content (AvgIpc) is 2.63. The Morgan fingerprint density at radius 3 is 2.33 bits per heavy atom. The van der Waals surface area contributed by atoms with Gasteiger partial charge >= 0.3 is 0 Å². The highest BCUT2D eigenvalue weighted by atomic mass is 35.5. The van der Waals surface area contributed by atoms with Crippen LogP contribution in [0.15, 0.2) is 18.2 Å². The topological polar surface area (TPSA) is 55.1 Å². The van der Waals surface area contributed by atoms with Crippen LogP contribution in [0, 0.1) is 16.7 Å². The summed E-state index contributed by atoms with van der Waals surface area (Å²) in [5.74, 6) is 0.0139. The molecule has 1 aromatic rings. The summed E-state index contributed by atoms with van der Waals surface area (Å²) in [6.45, 7) is 8.44. The molecule has 0 aromatic heterocycles. The van der Waals surface area contributed by atoms with Crippen LogP contribution in [0.2, 0.25) is 5.02 Å². The molecule has 0 atom stereocenters. The summed E-state index contributed by atoms with van der Waals surface area (Å²) in [4.78, 5) is 12.3. The molecule has 0 saturated heterocycles. The molecule has 4 heteroatoms. The molecule has 0 unspecified atom stereocenters. The molecule has 1 aliphatic carbocycles. The molecule has 3 N–H and O–H groups in total. The van der Waals surface area contributed by atoms with Crippen molar-refractivity contribution >= 4 is 28.9 Å². The van der Waals surface area contributed by atoms with Crippen LogP contribution in [0.4, 0.5) is 11.4 Å².